The average molecular weight is 184 g/mol. The summed E-state index contributed by atoms with van der Waals surface area (Å²) in [5, 5.41) is 8.60. The molecule has 0 amide bonds. The molecule has 66 valence electrons. The largest absolute Gasteiger partial charge is 0.481 e. The van der Waals surface area contributed by atoms with Crippen molar-refractivity contribution in [2.75, 3.05) is 11.5 Å². The highest BCUT2D eigenvalue weighted by atomic mass is 32.2. The Hall–Kier alpha value is -0.620. The normalized spacial score (nSPS) is 18.2. The van der Waals surface area contributed by atoms with E-state index in [2.05, 4.69) is 5.92 Å². The van der Waals surface area contributed by atoms with E-state index in [0.717, 1.165) is 18.6 Å². The zero-order chi connectivity index (χ0) is 9.03. The molecule has 0 heterocycles. The van der Waals surface area contributed by atoms with Crippen molar-refractivity contribution in [2.24, 2.45) is 5.41 Å². The molecule has 3 heteroatoms. The number of thioether (sulfide) groups is 1. The van der Waals surface area contributed by atoms with Crippen LogP contribution in [0.3, 0.4) is 0 Å². The first-order chi connectivity index (χ1) is 5.68. The minimum Gasteiger partial charge on any atom is -0.481 e. The summed E-state index contributed by atoms with van der Waals surface area (Å²) in [6.07, 6.45) is 7.51. The third kappa shape index (κ3) is 2.78. The molecule has 0 unspecified atom stereocenters. The molecule has 0 radical (unpaired) electrons. The molecular weight excluding hydrogens is 172 g/mol. The second-order valence-corrected chi connectivity index (χ2v) is 4.25. The maximum Gasteiger partial charge on any atom is 0.303 e. The summed E-state index contributed by atoms with van der Waals surface area (Å²) >= 11 is 1.67. The molecule has 0 aromatic carbocycles. The minimum absolute atomic E-state index is 0.0906. The number of rotatable bonds is 5. The third-order valence-corrected chi connectivity index (χ3v) is 3.26. The Morgan fingerprint density at radius 2 is 2.33 bits per heavy atom. The molecule has 0 spiro atoms. The molecule has 12 heavy (non-hydrogen) atoms. The first-order valence-electron chi connectivity index (χ1n) is 3.92. The van der Waals surface area contributed by atoms with Crippen LogP contribution in [0.25, 0.3) is 0 Å². The van der Waals surface area contributed by atoms with Crippen LogP contribution in [0.15, 0.2) is 0 Å². The van der Waals surface area contributed by atoms with E-state index >= 15 is 0 Å². The number of hydrogen-bond donors (Lipinski definition) is 1. The fourth-order valence-corrected chi connectivity index (χ4v) is 2.24. The summed E-state index contributed by atoms with van der Waals surface area (Å²) in [5.74, 6) is 3.45. The molecule has 1 N–H and O–H groups in total. The van der Waals surface area contributed by atoms with Crippen LogP contribution < -0.4 is 0 Å². The van der Waals surface area contributed by atoms with Crippen molar-refractivity contribution in [1.82, 2.24) is 0 Å². The number of terminal acetylenes is 1. The summed E-state index contributed by atoms with van der Waals surface area (Å²) < 4.78 is 0. The fourth-order valence-electron chi connectivity index (χ4n) is 1.20. The Balaban J connectivity index is 2.21. The van der Waals surface area contributed by atoms with Gasteiger partial charge in [-0.05, 0) is 18.3 Å². The van der Waals surface area contributed by atoms with Gasteiger partial charge in [0, 0.05) is 5.75 Å². The van der Waals surface area contributed by atoms with Gasteiger partial charge in [0.1, 0.15) is 0 Å². The maximum atomic E-state index is 10.4. The Kier molecular flexibility index (Phi) is 3.05. The van der Waals surface area contributed by atoms with Crippen LogP contribution in [0.2, 0.25) is 0 Å². The lowest BCUT2D eigenvalue weighted by Gasteiger charge is -2.09. The van der Waals surface area contributed by atoms with Gasteiger partial charge in [0.25, 0.3) is 0 Å². The second-order valence-electron chi connectivity index (χ2n) is 3.27. The second kappa shape index (κ2) is 3.86. The minimum atomic E-state index is -0.686. The summed E-state index contributed by atoms with van der Waals surface area (Å²) in [7, 11) is 0. The average Bonchev–Trinajstić information content (AvgIpc) is 2.69. The van der Waals surface area contributed by atoms with E-state index in [1.165, 1.54) is 0 Å². The molecule has 1 rings (SSSR count). The highest BCUT2D eigenvalue weighted by molar-refractivity contribution is 7.99. The van der Waals surface area contributed by atoms with Gasteiger partial charge >= 0.3 is 5.97 Å². The van der Waals surface area contributed by atoms with E-state index in [1.807, 2.05) is 0 Å². The molecular formula is C9H12O2S. The molecule has 0 bridgehead atoms. The van der Waals surface area contributed by atoms with Gasteiger partial charge < -0.3 is 5.11 Å². The van der Waals surface area contributed by atoms with Crippen molar-refractivity contribution in [3.05, 3.63) is 0 Å². The van der Waals surface area contributed by atoms with Gasteiger partial charge in [0.2, 0.25) is 0 Å². The van der Waals surface area contributed by atoms with Gasteiger partial charge in [0.05, 0.1) is 12.2 Å². The number of aliphatic carboxylic acids is 1. The van der Waals surface area contributed by atoms with Crippen LogP contribution in [0, 0.1) is 17.8 Å². The van der Waals surface area contributed by atoms with E-state index in [4.69, 9.17) is 11.5 Å². The molecule has 0 aromatic rings. The standard InChI is InChI=1S/C9H12O2S/c1-2-5-12-7-9(3-4-9)6-8(10)11/h1H,3-7H2,(H,10,11). The Morgan fingerprint density at radius 3 is 2.75 bits per heavy atom. The molecule has 0 atom stereocenters. The molecule has 0 saturated heterocycles. The van der Waals surface area contributed by atoms with Crippen molar-refractivity contribution < 1.29 is 9.90 Å². The molecule has 1 aliphatic rings. The third-order valence-electron chi connectivity index (χ3n) is 2.08. The highest BCUT2D eigenvalue weighted by Gasteiger charge is 2.43. The Morgan fingerprint density at radius 1 is 1.67 bits per heavy atom. The molecule has 1 saturated carbocycles. The Labute approximate surface area is 76.7 Å². The summed E-state index contributed by atoms with van der Waals surface area (Å²) in [4.78, 5) is 10.4. The topological polar surface area (TPSA) is 37.3 Å². The van der Waals surface area contributed by atoms with Crippen LogP contribution in [0.5, 0.6) is 0 Å². The van der Waals surface area contributed by atoms with Crippen LogP contribution in [-0.4, -0.2) is 22.6 Å². The zero-order valence-electron chi connectivity index (χ0n) is 6.88. The van der Waals surface area contributed by atoms with E-state index < -0.39 is 5.97 Å². The van der Waals surface area contributed by atoms with Crippen LogP contribution >= 0.6 is 11.8 Å². The van der Waals surface area contributed by atoms with Gasteiger partial charge in [-0.1, -0.05) is 5.92 Å². The van der Waals surface area contributed by atoms with Crippen molar-refractivity contribution in [1.29, 1.82) is 0 Å². The summed E-state index contributed by atoms with van der Waals surface area (Å²) in [6.45, 7) is 0. The Bertz CT molecular complexity index is 213. The van der Waals surface area contributed by atoms with Gasteiger partial charge in [-0.2, -0.15) is 0 Å². The fraction of sp³-hybridized carbons (Fsp3) is 0.667. The maximum absolute atomic E-state index is 10.4. The van der Waals surface area contributed by atoms with Crippen LogP contribution in [-0.2, 0) is 4.79 Å². The first kappa shape index (κ1) is 9.47. The van der Waals surface area contributed by atoms with Gasteiger partial charge in [-0.15, -0.1) is 18.2 Å². The van der Waals surface area contributed by atoms with Gasteiger partial charge in [-0.3, -0.25) is 4.79 Å². The lowest BCUT2D eigenvalue weighted by molar-refractivity contribution is -0.138. The molecule has 0 aromatic heterocycles. The summed E-state index contributed by atoms with van der Waals surface area (Å²) in [6, 6.07) is 0. The van der Waals surface area contributed by atoms with E-state index in [0.29, 0.717) is 12.2 Å². The lowest BCUT2D eigenvalue weighted by Crippen LogP contribution is -2.11. The number of carboxylic acid groups (broad SMARTS) is 1. The van der Waals surface area contributed by atoms with Gasteiger partial charge in [0.15, 0.2) is 0 Å². The monoisotopic (exact) mass is 184 g/mol. The summed E-state index contributed by atoms with van der Waals surface area (Å²) in [5.41, 5.74) is 0.0906. The molecule has 2 nitrogen and oxygen atoms in total. The van der Waals surface area contributed by atoms with Crippen LogP contribution in [0.1, 0.15) is 19.3 Å². The van der Waals surface area contributed by atoms with E-state index in [-0.39, 0.29) is 5.41 Å². The van der Waals surface area contributed by atoms with Crippen molar-refractivity contribution >= 4 is 17.7 Å². The quantitative estimate of drug-likeness (QED) is 0.521. The van der Waals surface area contributed by atoms with Crippen molar-refractivity contribution in [2.45, 2.75) is 19.3 Å². The van der Waals surface area contributed by atoms with Crippen molar-refractivity contribution in [3.63, 3.8) is 0 Å². The zero-order valence-corrected chi connectivity index (χ0v) is 7.69. The molecule has 0 aliphatic heterocycles. The first-order valence-corrected chi connectivity index (χ1v) is 5.07. The van der Waals surface area contributed by atoms with Crippen molar-refractivity contribution in [3.8, 4) is 12.3 Å². The smallest absolute Gasteiger partial charge is 0.303 e. The number of carbonyl (C=O) groups is 1. The number of carboxylic acids is 1. The predicted octanol–water partition coefficient (Wildman–Crippen LogP) is 1.61. The molecule has 1 aliphatic carbocycles. The molecule has 1 fully saturated rings. The highest BCUT2D eigenvalue weighted by Crippen LogP contribution is 2.50. The number of hydrogen-bond acceptors (Lipinski definition) is 2. The predicted molar refractivity (Wildman–Crippen MR) is 50.1 cm³/mol. The van der Waals surface area contributed by atoms with Crippen LogP contribution in [0.4, 0.5) is 0 Å². The van der Waals surface area contributed by atoms with Gasteiger partial charge in [-0.25, -0.2) is 0 Å². The SMILES string of the molecule is C#CCSCC1(CC(=O)O)CC1. The van der Waals surface area contributed by atoms with E-state index in [1.54, 1.807) is 11.8 Å². The van der Waals surface area contributed by atoms with E-state index in [9.17, 15) is 4.79 Å². The lowest BCUT2D eigenvalue weighted by atomic mass is 10.1.